The quantitative estimate of drug-likeness (QED) is 0.636. The maximum Gasteiger partial charge on any atom is 0.129 e. The molecule has 0 saturated heterocycles. The fraction of sp³-hybridized carbons (Fsp3) is 0.455. The number of halogens is 1. The summed E-state index contributed by atoms with van der Waals surface area (Å²) in [6.07, 6.45) is 2.20. The Balaban J connectivity index is 3.10. The van der Waals surface area contributed by atoms with Gasteiger partial charge in [0.05, 0.1) is 0 Å². The largest absolute Gasteiger partial charge is 0.404 e. The lowest BCUT2D eigenvalue weighted by atomic mass is 10.0. The van der Waals surface area contributed by atoms with Crippen molar-refractivity contribution in [3.05, 3.63) is 26.7 Å². The van der Waals surface area contributed by atoms with E-state index >= 15 is 0 Å². The number of nitrogens with two attached hydrogens (primary N) is 1. The van der Waals surface area contributed by atoms with Gasteiger partial charge in [0.25, 0.3) is 0 Å². The molecule has 0 saturated carbocycles. The fourth-order valence-electron chi connectivity index (χ4n) is 1.46. The molecule has 1 heterocycles. The molecule has 3 N–H and O–H groups in total. The van der Waals surface area contributed by atoms with E-state index in [2.05, 4.69) is 32.7 Å². The molecule has 1 atom stereocenters. The van der Waals surface area contributed by atoms with Crippen molar-refractivity contribution in [1.29, 1.82) is 0 Å². The predicted molar refractivity (Wildman–Crippen MR) is 76.9 cm³/mol. The highest BCUT2D eigenvalue weighted by Crippen LogP contribution is 2.27. The van der Waals surface area contributed by atoms with Gasteiger partial charge in [0, 0.05) is 42.8 Å². The van der Waals surface area contributed by atoms with Crippen LogP contribution in [0.3, 0.4) is 0 Å². The van der Waals surface area contributed by atoms with Gasteiger partial charge in [0.2, 0.25) is 0 Å². The molecule has 0 aliphatic heterocycles. The minimum Gasteiger partial charge on any atom is -0.404 e. The van der Waals surface area contributed by atoms with Gasteiger partial charge in [-0.25, -0.2) is 0 Å². The monoisotopic (exact) mass is 348 g/mol. The zero-order chi connectivity index (χ0) is 13.0. The Kier molecular flexibility index (Phi) is 5.13. The zero-order valence-electron chi connectivity index (χ0n) is 10.2. The minimum absolute atomic E-state index is 0.584. The Labute approximate surface area is 115 Å². The second-order valence-electron chi connectivity index (χ2n) is 3.61. The van der Waals surface area contributed by atoms with Gasteiger partial charge in [-0.05, 0) is 36.4 Å². The number of aromatic nitrogens is 2. The van der Waals surface area contributed by atoms with E-state index < -0.39 is 6.10 Å². The molecular weight excluding hydrogens is 331 g/mol. The van der Waals surface area contributed by atoms with Gasteiger partial charge < -0.3 is 10.8 Å². The third kappa shape index (κ3) is 3.06. The van der Waals surface area contributed by atoms with Crippen LogP contribution in [0.1, 0.15) is 24.3 Å². The fourth-order valence-corrected chi connectivity index (χ4v) is 2.47. The summed E-state index contributed by atoms with van der Waals surface area (Å²) in [6.45, 7) is 4.50. The lowest BCUT2D eigenvalue weighted by molar-refractivity contribution is 0.220. The maximum atomic E-state index is 10.3. The topological polar surface area (TPSA) is 76.4 Å². The molecular formula is C11H17IN4O. The van der Waals surface area contributed by atoms with E-state index in [4.69, 9.17) is 5.73 Å². The summed E-state index contributed by atoms with van der Waals surface area (Å²) >= 11 is 2.10. The molecule has 6 heteroatoms. The summed E-state index contributed by atoms with van der Waals surface area (Å²) in [5.74, 6) is 0. The molecule has 1 rings (SSSR count). The Morgan fingerprint density at radius 2 is 2.35 bits per heavy atom. The Morgan fingerprint density at radius 1 is 1.71 bits per heavy atom. The third-order valence-electron chi connectivity index (χ3n) is 2.54. The van der Waals surface area contributed by atoms with Gasteiger partial charge in [-0.3, -0.25) is 9.67 Å². The number of aliphatic hydroxyl groups excluding tert-OH is 1. The van der Waals surface area contributed by atoms with E-state index in [1.165, 1.54) is 6.20 Å². The van der Waals surface area contributed by atoms with Gasteiger partial charge in [0.15, 0.2) is 0 Å². The Morgan fingerprint density at radius 3 is 2.76 bits per heavy atom. The van der Waals surface area contributed by atoms with Crippen LogP contribution in [-0.2, 0) is 7.05 Å². The van der Waals surface area contributed by atoms with Crippen molar-refractivity contribution in [2.24, 2.45) is 17.8 Å². The van der Waals surface area contributed by atoms with Crippen LogP contribution < -0.4 is 5.73 Å². The molecule has 0 spiro atoms. The third-order valence-corrected chi connectivity index (χ3v) is 3.34. The van der Waals surface area contributed by atoms with Gasteiger partial charge in [-0.1, -0.05) is 0 Å². The molecule has 1 unspecified atom stereocenters. The first kappa shape index (κ1) is 14.2. The number of aliphatic hydroxyl groups is 1. The average Bonchev–Trinajstić information content (AvgIpc) is 2.54. The van der Waals surface area contributed by atoms with Crippen LogP contribution in [0.2, 0.25) is 0 Å². The molecule has 0 amide bonds. The second-order valence-corrected chi connectivity index (χ2v) is 4.63. The molecule has 0 aromatic carbocycles. The van der Waals surface area contributed by atoms with Crippen LogP contribution in [0.25, 0.3) is 0 Å². The molecule has 0 bridgehead atoms. The summed E-state index contributed by atoms with van der Waals surface area (Å²) in [6, 6.07) is 0. The second kappa shape index (κ2) is 6.15. The van der Waals surface area contributed by atoms with Crippen molar-refractivity contribution in [2.45, 2.75) is 20.0 Å². The standard InChI is InChI=1S/C11H17IN4O/c1-4-14-6-8(5-13)10(17)9-7(2)16(3)15-11(9)12/h5-6,10,17H,4,13H2,1-3H3. The van der Waals surface area contributed by atoms with Crippen LogP contribution in [0.4, 0.5) is 0 Å². The number of nitrogens with zero attached hydrogens (tertiary/aromatic N) is 3. The number of rotatable bonds is 4. The first-order valence-electron chi connectivity index (χ1n) is 5.31. The first-order valence-corrected chi connectivity index (χ1v) is 6.39. The molecule has 5 nitrogen and oxygen atoms in total. The van der Waals surface area contributed by atoms with Crippen LogP contribution >= 0.6 is 22.6 Å². The molecule has 1 aromatic rings. The van der Waals surface area contributed by atoms with E-state index in [1.54, 1.807) is 10.9 Å². The highest BCUT2D eigenvalue weighted by atomic mass is 127. The maximum absolute atomic E-state index is 10.3. The number of aliphatic imine (C=N–C) groups is 1. The summed E-state index contributed by atoms with van der Waals surface area (Å²) in [7, 11) is 1.85. The smallest absolute Gasteiger partial charge is 0.129 e. The van der Waals surface area contributed by atoms with E-state index in [9.17, 15) is 5.11 Å². The lowest BCUT2D eigenvalue weighted by Crippen LogP contribution is -2.08. The van der Waals surface area contributed by atoms with Gasteiger partial charge in [-0.15, -0.1) is 0 Å². The summed E-state index contributed by atoms with van der Waals surface area (Å²) in [5.41, 5.74) is 7.81. The van der Waals surface area contributed by atoms with Crippen molar-refractivity contribution < 1.29 is 5.11 Å². The number of aryl methyl sites for hydroxylation is 1. The van der Waals surface area contributed by atoms with Gasteiger partial charge in [-0.2, -0.15) is 5.10 Å². The van der Waals surface area contributed by atoms with Gasteiger partial charge >= 0.3 is 0 Å². The minimum atomic E-state index is -0.782. The first-order chi connectivity index (χ1) is 8.02. The van der Waals surface area contributed by atoms with Crippen molar-refractivity contribution in [1.82, 2.24) is 9.78 Å². The molecule has 0 fully saturated rings. The van der Waals surface area contributed by atoms with Crippen LogP contribution in [-0.4, -0.2) is 27.6 Å². The van der Waals surface area contributed by atoms with Crippen molar-refractivity contribution in [3.63, 3.8) is 0 Å². The number of hydrogen-bond donors (Lipinski definition) is 2. The van der Waals surface area contributed by atoms with Crippen molar-refractivity contribution >= 4 is 28.8 Å². The molecule has 17 heavy (non-hydrogen) atoms. The molecule has 0 radical (unpaired) electrons. The SMILES string of the molecule is CCN=CC(=CN)C(O)c1c(I)nn(C)c1C. The van der Waals surface area contributed by atoms with Gasteiger partial charge in [0.1, 0.15) is 9.80 Å². The average molecular weight is 348 g/mol. The predicted octanol–water partition coefficient (Wildman–Crippen LogP) is 1.30. The van der Waals surface area contributed by atoms with Crippen molar-refractivity contribution in [2.75, 3.05) is 6.54 Å². The zero-order valence-corrected chi connectivity index (χ0v) is 12.3. The van der Waals surface area contributed by atoms with Crippen LogP contribution in [0.5, 0.6) is 0 Å². The van der Waals surface area contributed by atoms with Crippen LogP contribution in [0, 0.1) is 10.6 Å². The molecule has 0 aliphatic carbocycles. The molecule has 0 aliphatic rings. The normalized spacial score (nSPS) is 14.5. The highest BCUT2D eigenvalue weighted by molar-refractivity contribution is 14.1. The Bertz CT molecular complexity index is 451. The Hall–Kier alpha value is -0.890. The summed E-state index contributed by atoms with van der Waals surface area (Å²) in [5, 5.41) is 14.5. The van der Waals surface area contributed by atoms with Crippen molar-refractivity contribution in [3.8, 4) is 0 Å². The molecule has 1 aromatic heterocycles. The van der Waals surface area contributed by atoms with E-state index in [0.29, 0.717) is 12.1 Å². The molecule has 94 valence electrons. The summed E-state index contributed by atoms with van der Waals surface area (Å²) < 4.78 is 2.52. The summed E-state index contributed by atoms with van der Waals surface area (Å²) in [4.78, 5) is 4.09. The van der Waals surface area contributed by atoms with Crippen LogP contribution in [0.15, 0.2) is 16.8 Å². The number of hydrogen-bond acceptors (Lipinski definition) is 4. The lowest BCUT2D eigenvalue weighted by Gasteiger charge is -2.11. The highest BCUT2D eigenvalue weighted by Gasteiger charge is 2.21. The van der Waals surface area contributed by atoms with E-state index in [-0.39, 0.29) is 0 Å². The van der Waals surface area contributed by atoms with E-state index in [1.807, 2.05) is 20.9 Å². The van der Waals surface area contributed by atoms with E-state index in [0.717, 1.165) is 15.0 Å².